The molecular formula is Re2S7. The van der Waals surface area contributed by atoms with Gasteiger partial charge in [0.05, 0.1) is 0 Å². The molecule has 0 amide bonds. The van der Waals surface area contributed by atoms with Crippen molar-refractivity contribution in [3.05, 3.63) is 0 Å². The van der Waals surface area contributed by atoms with E-state index in [0.29, 0.717) is 0 Å². The minimum absolute atomic E-state index is 0. The van der Waals surface area contributed by atoms with Crippen LogP contribution in [0.1, 0.15) is 0 Å². The van der Waals surface area contributed by atoms with Gasteiger partial charge in [0.15, 0.2) is 0 Å². The topological polar surface area (TPSA) is 0 Å². The molecule has 0 spiro atoms. The van der Waals surface area contributed by atoms with Crippen molar-refractivity contribution in [3.8, 4) is 0 Å². The van der Waals surface area contributed by atoms with Crippen molar-refractivity contribution in [1.29, 1.82) is 0 Å². The van der Waals surface area contributed by atoms with Crippen LogP contribution >= 0.6 is 0 Å². The van der Waals surface area contributed by atoms with E-state index in [0.717, 1.165) is 0 Å². The first kappa shape index (κ1) is 124. The second kappa shape index (κ2) is 95.9. The molecule has 0 aromatic heterocycles. The van der Waals surface area contributed by atoms with Gasteiger partial charge in [-0.1, -0.05) is 0 Å². The molecule has 0 aromatic rings. The molecule has 0 N–H and O–H groups in total. The summed E-state index contributed by atoms with van der Waals surface area (Å²) in [6.45, 7) is 0. The quantitative estimate of drug-likeness (QED) is 0.369. The van der Waals surface area contributed by atoms with E-state index in [1.165, 1.54) is 0 Å². The summed E-state index contributed by atoms with van der Waals surface area (Å²) in [6, 6.07) is 0. The van der Waals surface area contributed by atoms with Crippen LogP contribution in [0.3, 0.4) is 0 Å². The van der Waals surface area contributed by atoms with Crippen LogP contribution in [0, 0.1) is 0 Å². The molecule has 0 saturated heterocycles. The van der Waals surface area contributed by atoms with Crippen molar-refractivity contribution in [3.63, 3.8) is 0 Å². The minimum atomic E-state index is 0. The number of hydrogen-bond acceptors (Lipinski definition) is 0. The second-order valence-corrected chi connectivity index (χ2v) is 0. The summed E-state index contributed by atoms with van der Waals surface area (Å²) in [5.41, 5.74) is 0. The fourth-order valence-electron chi connectivity index (χ4n) is 0. The molecule has 0 bridgehead atoms. The summed E-state index contributed by atoms with van der Waals surface area (Å²) in [4.78, 5) is 0. The van der Waals surface area contributed by atoms with Crippen LogP contribution in [0.25, 0.3) is 0 Å². The fraction of sp³-hybridized carbons (Fsp3) is 0. The van der Waals surface area contributed by atoms with Gasteiger partial charge >= 0.3 is 40.8 Å². The zero-order valence-corrected chi connectivity index (χ0v) is 14.8. The Bertz CT molecular complexity index is 6.88. The van der Waals surface area contributed by atoms with Gasteiger partial charge in [-0.2, -0.15) is 0 Å². The maximum absolute atomic E-state index is 0. The summed E-state index contributed by atoms with van der Waals surface area (Å²) in [5.74, 6) is 0. The first-order valence-electron chi connectivity index (χ1n) is 0. The molecule has 0 radical (unpaired) electrons. The van der Waals surface area contributed by atoms with E-state index >= 15 is 0 Å². The van der Waals surface area contributed by atoms with Gasteiger partial charge in [-0.15, -0.1) is 0 Å². The van der Waals surface area contributed by atoms with Crippen LogP contribution < -0.4 is 0 Å². The molecule has 0 nitrogen and oxygen atoms in total. The van der Waals surface area contributed by atoms with Crippen molar-refractivity contribution >= 4 is 94.5 Å². The molecule has 0 atom stereocenters. The summed E-state index contributed by atoms with van der Waals surface area (Å²) < 4.78 is 0. The Hall–Kier alpha value is 3.77. The zero-order chi connectivity index (χ0) is 0. The van der Waals surface area contributed by atoms with E-state index in [2.05, 4.69) is 0 Å². The maximum atomic E-state index is 0. The molecule has 56 valence electrons. The molecule has 0 aliphatic rings. The smallest absolute Gasteiger partial charge is 2.00 e. The zero-order valence-electron chi connectivity index (χ0n) is 3.61. The Morgan fingerprint density at radius 1 is 0.222 bits per heavy atom. The Kier molecular flexibility index (Phi) is 1330. The summed E-state index contributed by atoms with van der Waals surface area (Å²) in [5, 5.41) is 0. The average molecular weight is 597 g/mol. The number of rotatable bonds is 0. The van der Waals surface area contributed by atoms with E-state index in [-0.39, 0.29) is 135 Å². The molecule has 0 aliphatic heterocycles. The standard InChI is InChI=1S/2Re.7S/q2*+7;7*-2. The predicted molar refractivity (Wildman–Crippen MR) is 51.6 cm³/mol. The molecule has 0 heterocycles. The molecule has 9 heteroatoms. The third-order valence-electron chi connectivity index (χ3n) is 0. The van der Waals surface area contributed by atoms with E-state index in [1.807, 2.05) is 0 Å². The van der Waals surface area contributed by atoms with Gasteiger partial charge in [0.1, 0.15) is 0 Å². The molecular weight excluding hydrogens is 597 g/mol. The molecule has 0 aromatic carbocycles. The van der Waals surface area contributed by atoms with Crippen LogP contribution in [-0.2, 0) is 135 Å². The van der Waals surface area contributed by atoms with E-state index in [9.17, 15) is 0 Å². The molecule has 9 heavy (non-hydrogen) atoms. The Balaban J connectivity index is 0. The first-order chi connectivity index (χ1) is 0. The van der Waals surface area contributed by atoms with Crippen molar-refractivity contribution in [2.45, 2.75) is 0 Å². The molecule has 0 aliphatic carbocycles. The maximum Gasteiger partial charge on any atom is 7.00 e. The Morgan fingerprint density at radius 2 is 0.222 bits per heavy atom. The van der Waals surface area contributed by atoms with Crippen LogP contribution in [0.15, 0.2) is 0 Å². The largest absolute Gasteiger partial charge is 7.00 e. The van der Waals surface area contributed by atoms with Crippen LogP contribution in [0.2, 0.25) is 0 Å². The monoisotopic (exact) mass is 598 g/mol. The van der Waals surface area contributed by atoms with Crippen LogP contribution in [-0.4, -0.2) is 0 Å². The molecule has 0 saturated carbocycles. The van der Waals surface area contributed by atoms with Crippen molar-refractivity contribution in [1.82, 2.24) is 0 Å². The first-order valence-corrected chi connectivity index (χ1v) is 0. The Labute approximate surface area is 133 Å². The van der Waals surface area contributed by atoms with Crippen LogP contribution in [0.4, 0.5) is 0 Å². The SMILES string of the molecule is [Re+7].[Re+7].[S-2].[S-2].[S-2].[S-2].[S-2].[S-2].[S-2]. The van der Waals surface area contributed by atoms with Gasteiger partial charge < -0.3 is 94.5 Å². The molecule has 0 fully saturated rings. The third kappa shape index (κ3) is 79.0. The van der Waals surface area contributed by atoms with Gasteiger partial charge in [0, 0.05) is 0 Å². The van der Waals surface area contributed by atoms with Crippen molar-refractivity contribution in [2.75, 3.05) is 0 Å². The summed E-state index contributed by atoms with van der Waals surface area (Å²) in [6.07, 6.45) is 0. The van der Waals surface area contributed by atoms with Gasteiger partial charge in [0.2, 0.25) is 0 Å². The van der Waals surface area contributed by atoms with E-state index < -0.39 is 0 Å². The van der Waals surface area contributed by atoms with E-state index in [1.54, 1.807) is 0 Å². The van der Waals surface area contributed by atoms with Gasteiger partial charge in [-0.05, 0) is 0 Å². The van der Waals surface area contributed by atoms with Crippen molar-refractivity contribution in [2.24, 2.45) is 0 Å². The Morgan fingerprint density at radius 3 is 0.222 bits per heavy atom. The van der Waals surface area contributed by atoms with Crippen LogP contribution in [0.5, 0.6) is 0 Å². The van der Waals surface area contributed by atoms with Gasteiger partial charge in [0.25, 0.3) is 0 Å². The molecule has 0 unspecified atom stereocenters. The molecule has 0 rings (SSSR count). The van der Waals surface area contributed by atoms with Gasteiger partial charge in [-0.3, -0.25) is 0 Å². The predicted octanol–water partition coefficient (Wildman–Crippen LogP) is -0.0218. The van der Waals surface area contributed by atoms with Gasteiger partial charge in [-0.25, -0.2) is 0 Å². The second-order valence-electron chi connectivity index (χ2n) is 0. The average Bonchev–Trinajstić information content (AvgIpc) is 0. The summed E-state index contributed by atoms with van der Waals surface area (Å²) >= 11 is 0. The third-order valence-corrected chi connectivity index (χ3v) is 0. The number of hydrogen-bond donors (Lipinski definition) is 0. The van der Waals surface area contributed by atoms with Crippen molar-refractivity contribution < 1.29 is 40.8 Å². The fourth-order valence-corrected chi connectivity index (χ4v) is 0. The summed E-state index contributed by atoms with van der Waals surface area (Å²) in [7, 11) is 0. The normalized spacial score (nSPS) is 0. The van der Waals surface area contributed by atoms with E-state index in [4.69, 9.17) is 0 Å². The minimum Gasteiger partial charge on any atom is -2.00 e.